The first kappa shape index (κ1) is 29.0. The zero-order valence-electron chi connectivity index (χ0n) is 24.1. The van der Waals surface area contributed by atoms with Crippen LogP contribution in [-0.2, 0) is 9.53 Å². The van der Waals surface area contributed by atoms with Gasteiger partial charge < -0.3 is 19.7 Å². The first-order valence-electron chi connectivity index (χ1n) is 14.0. The minimum absolute atomic E-state index is 0.0761. The molecular weight excluding hydrogens is 582 g/mol. The van der Waals surface area contributed by atoms with Gasteiger partial charge in [0.25, 0.3) is 17.2 Å². The van der Waals surface area contributed by atoms with E-state index in [1.165, 1.54) is 28.0 Å². The van der Waals surface area contributed by atoms with Crippen LogP contribution in [0.1, 0.15) is 24.1 Å². The third kappa shape index (κ3) is 5.64. The van der Waals surface area contributed by atoms with E-state index in [4.69, 9.17) is 14.5 Å². The molecule has 1 aromatic heterocycles. The highest BCUT2D eigenvalue weighted by Crippen LogP contribution is 2.32. The van der Waals surface area contributed by atoms with E-state index in [-0.39, 0.29) is 17.2 Å². The number of nitro benzene ring substituents is 1. The van der Waals surface area contributed by atoms with Gasteiger partial charge in [0.15, 0.2) is 4.80 Å². The van der Waals surface area contributed by atoms with E-state index in [1.54, 1.807) is 50.4 Å². The molecule has 3 heterocycles. The highest BCUT2D eigenvalue weighted by molar-refractivity contribution is 7.07. The Labute approximate surface area is 256 Å². The fraction of sp³-hybridized carbons (Fsp3) is 0.219. The topological polar surface area (TPSA) is 128 Å². The number of hydrogen-bond donors (Lipinski definition) is 1. The Morgan fingerprint density at radius 1 is 1.11 bits per heavy atom. The van der Waals surface area contributed by atoms with Crippen molar-refractivity contribution in [2.45, 2.75) is 13.0 Å². The van der Waals surface area contributed by atoms with Crippen LogP contribution in [-0.4, -0.2) is 48.8 Å². The Balaban J connectivity index is 1.51. The maximum atomic E-state index is 14.2. The number of aromatic nitrogens is 1. The number of amides is 1. The number of thiazole rings is 1. The van der Waals surface area contributed by atoms with Crippen LogP contribution in [0.15, 0.2) is 93.9 Å². The molecule has 0 unspecified atom stereocenters. The van der Waals surface area contributed by atoms with Crippen molar-refractivity contribution in [2.24, 2.45) is 4.99 Å². The summed E-state index contributed by atoms with van der Waals surface area (Å²) < 4.78 is 12.7. The third-order valence-corrected chi connectivity index (χ3v) is 8.57. The minimum atomic E-state index is -0.771. The number of carbonyl (C=O) groups excluding carboxylic acids is 1. The van der Waals surface area contributed by atoms with Gasteiger partial charge in [0.2, 0.25) is 0 Å². The molecule has 0 radical (unpaired) electrons. The fourth-order valence-corrected chi connectivity index (χ4v) is 6.48. The zero-order valence-corrected chi connectivity index (χ0v) is 24.9. The molecule has 1 atom stereocenters. The number of nitrogens with zero attached hydrogens (tertiary/aromatic N) is 4. The van der Waals surface area contributed by atoms with Gasteiger partial charge in [-0.3, -0.25) is 24.3 Å². The molecule has 0 aliphatic carbocycles. The van der Waals surface area contributed by atoms with Crippen LogP contribution < -0.4 is 29.8 Å². The Morgan fingerprint density at radius 3 is 2.52 bits per heavy atom. The molecule has 3 aromatic carbocycles. The van der Waals surface area contributed by atoms with Crippen molar-refractivity contribution >= 4 is 40.4 Å². The summed E-state index contributed by atoms with van der Waals surface area (Å²) in [5.74, 6) is 0.263. The number of non-ortho nitro benzene ring substituents is 1. The second-order valence-electron chi connectivity index (χ2n) is 10.3. The normalized spacial score (nSPS) is 16.7. The van der Waals surface area contributed by atoms with Crippen LogP contribution in [0.4, 0.5) is 17.1 Å². The number of nitrogens with one attached hydrogen (secondary N) is 1. The average molecular weight is 612 g/mol. The summed E-state index contributed by atoms with van der Waals surface area (Å²) in [4.78, 5) is 46.4. The van der Waals surface area contributed by atoms with E-state index in [0.29, 0.717) is 69.5 Å². The number of ether oxygens (including phenoxy) is 2. The Bertz CT molecular complexity index is 1940. The van der Waals surface area contributed by atoms with Crippen molar-refractivity contribution in [3.63, 3.8) is 0 Å². The lowest BCUT2D eigenvalue weighted by atomic mass is 9.95. The highest BCUT2D eigenvalue weighted by atomic mass is 32.1. The molecule has 44 heavy (non-hydrogen) atoms. The molecule has 2 aliphatic heterocycles. The summed E-state index contributed by atoms with van der Waals surface area (Å²) in [6, 6.07) is 20.2. The number of methoxy groups -OCH3 is 1. The maximum Gasteiger partial charge on any atom is 0.271 e. The molecule has 2 aliphatic rings. The Kier molecular flexibility index (Phi) is 8.09. The van der Waals surface area contributed by atoms with Crippen LogP contribution in [0.3, 0.4) is 0 Å². The molecular formula is C32H29N5O6S. The van der Waals surface area contributed by atoms with Gasteiger partial charge in [-0.2, -0.15) is 0 Å². The van der Waals surface area contributed by atoms with Crippen molar-refractivity contribution in [2.75, 3.05) is 43.6 Å². The first-order chi connectivity index (χ1) is 21.3. The third-order valence-electron chi connectivity index (χ3n) is 7.59. The smallest absolute Gasteiger partial charge is 0.271 e. The predicted octanol–water partition coefficient (Wildman–Crippen LogP) is 3.63. The van der Waals surface area contributed by atoms with E-state index in [1.807, 2.05) is 30.3 Å². The van der Waals surface area contributed by atoms with Crippen LogP contribution in [0.5, 0.6) is 5.75 Å². The van der Waals surface area contributed by atoms with Crippen LogP contribution in [0.25, 0.3) is 6.08 Å². The number of morpholine rings is 1. The van der Waals surface area contributed by atoms with Gasteiger partial charge in [-0.05, 0) is 48.9 Å². The Morgan fingerprint density at radius 2 is 1.84 bits per heavy atom. The van der Waals surface area contributed by atoms with Crippen LogP contribution in [0.2, 0.25) is 0 Å². The van der Waals surface area contributed by atoms with E-state index < -0.39 is 11.0 Å². The molecule has 1 amide bonds. The lowest BCUT2D eigenvalue weighted by molar-refractivity contribution is -0.384. The van der Waals surface area contributed by atoms with E-state index >= 15 is 0 Å². The summed E-state index contributed by atoms with van der Waals surface area (Å²) >= 11 is 1.18. The van der Waals surface area contributed by atoms with Crippen molar-refractivity contribution in [3.05, 3.63) is 125 Å². The number of benzene rings is 3. The second kappa shape index (κ2) is 12.3. The number of nitro groups is 1. The maximum absolute atomic E-state index is 14.2. The van der Waals surface area contributed by atoms with Gasteiger partial charge in [-0.25, -0.2) is 4.99 Å². The van der Waals surface area contributed by atoms with Crippen molar-refractivity contribution in [1.82, 2.24) is 4.57 Å². The number of hydrogen-bond acceptors (Lipinski definition) is 9. The van der Waals surface area contributed by atoms with Gasteiger partial charge >= 0.3 is 0 Å². The summed E-state index contributed by atoms with van der Waals surface area (Å²) in [5, 5.41) is 14.6. The van der Waals surface area contributed by atoms with Gasteiger partial charge in [0.05, 0.1) is 47.1 Å². The van der Waals surface area contributed by atoms with Crippen molar-refractivity contribution in [1.29, 1.82) is 0 Å². The van der Waals surface area contributed by atoms with E-state index in [2.05, 4.69) is 10.2 Å². The molecule has 0 bridgehead atoms. The quantitative estimate of drug-likeness (QED) is 0.250. The zero-order chi connectivity index (χ0) is 30.8. The fourth-order valence-electron chi connectivity index (χ4n) is 5.44. The number of para-hydroxylation sites is 1. The summed E-state index contributed by atoms with van der Waals surface area (Å²) in [5.41, 5.74) is 3.03. The number of allylic oxidation sites excluding steroid dienone is 1. The van der Waals surface area contributed by atoms with E-state index in [0.717, 1.165) is 5.69 Å². The SMILES string of the molecule is COc1ccc([C@H]2C(C(=O)Nc3ccccc3)=C(C)N=c3s/c(=C/c4cc([N+](=O)[O-])ccc4N4CCOCC4)c(=O)n32)cc1. The molecule has 224 valence electrons. The first-order valence-corrected chi connectivity index (χ1v) is 14.8. The largest absolute Gasteiger partial charge is 0.497 e. The van der Waals surface area contributed by atoms with Gasteiger partial charge in [0, 0.05) is 42.2 Å². The number of anilines is 2. The summed E-state index contributed by atoms with van der Waals surface area (Å²) in [6.45, 7) is 4.07. The number of carbonyl (C=O) groups is 1. The van der Waals surface area contributed by atoms with Crippen LogP contribution in [0, 0.1) is 10.1 Å². The second-order valence-corrected chi connectivity index (χ2v) is 11.3. The molecule has 6 rings (SSSR count). The van der Waals surface area contributed by atoms with Crippen molar-refractivity contribution in [3.8, 4) is 5.75 Å². The molecule has 1 fully saturated rings. The lowest BCUT2D eigenvalue weighted by Crippen LogP contribution is -2.40. The molecule has 4 aromatic rings. The van der Waals surface area contributed by atoms with Crippen LogP contribution >= 0.6 is 11.3 Å². The molecule has 12 heteroatoms. The molecule has 1 saturated heterocycles. The monoisotopic (exact) mass is 611 g/mol. The predicted molar refractivity (Wildman–Crippen MR) is 168 cm³/mol. The highest BCUT2D eigenvalue weighted by Gasteiger charge is 2.32. The average Bonchev–Trinajstić information content (AvgIpc) is 3.34. The number of rotatable bonds is 7. The molecule has 0 saturated carbocycles. The summed E-state index contributed by atoms with van der Waals surface area (Å²) in [7, 11) is 1.57. The van der Waals surface area contributed by atoms with Gasteiger partial charge in [0.1, 0.15) is 5.75 Å². The number of fused-ring (bicyclic) bond motifs is 1. The van der Waals surface area contributed by atoms with Gasteiger partial charge in [-0.15, -0.1) is 0 Å². The molecule has 0 spiro atoms. The summed E-state index contributed by atoms with van der Waals surface area (Å²) in [6.07, 6.45) is 1.68. The minimum Gasteiger partial charge on any atom is -0.497 e. The van der Waals surface area contributed by atoms with Crippen molar-refractivity contribution < 1.29 is 19.2 Å². The Hall–Kier alpha value is -5.07. The van der Waals surface area contributed by atoms with Gasteiger partial charge in [-0.1, -0.05) is 41.7 Å². The molecule has 1 N–H and O–H groups in total. The standard InChI is InChI=1S/C32H29N5O6S/c1-20-28(30(38)34-23-6-4-3-5-7-23)29(21-8-11-25(42-2)12-9-21)36-31(39)27(44-32(36)33-20)19-22-18-24(37(40)41)10-13-26(22)35-14-16-43-17-15-35/h3-13,18-19,29H,14-17H2,1-2H3,(H,34,38)/b27-19+/t29-/m0/s1. The molecule has 11 nitrogen and oxygen atoms in total. The van der Waals surface area contributed by atoms with E-state index in [9.17, 15) is 19.7 Å². The lowest BCUT2D eigenvalue weighted by Gasteiger charge is -2.30.